The van der Waals surface area contributed by atoms with Crippen molar-refractivity contribution in [2.45, 2.75) is 25.9 Å². The summed E-state index contributed by atoms with van der Waals surface area (Å²) in [5, 5.41) is 9.52. The topological polar surface area (TPSA) is 38.7 Å². The second-order valence-corrected chi connectivity index (χ2v) is 6.63. The Morgan fingerprint density at radius 2 is 1.50 bits per heavy atom. The predicted molar refractivity (Wildman–Crippen MR) is 91.2 cm³/mol. The lowest BCUT2D eigenvalue weighted by molar-refractivity contribution is 0.262. The molecule has 1 N–H and O–H groups in total. The third-order valence-corrected chi connectivity index (χ3v) is 5.33. The average molecular weight is 318 g/mol. The third kappa shape index (κ3) is 4.81. The summed E-state index contributed by atoms with van der Waals surface area (Å²) < 4.78 is 11.8. The lowest BCUT2D eigenvalue weighted by Crippen LogP contribution is -2.06. The number of hydrogen-bond donors (Lipinski definition) is 1. The van der Waals surface area contributed by atoms with Crippen LogP contribution in [0.5, 0.6) is 5.75 Å². The van der Waals surface area contributed by atoms with E-state index in [1.54, 1.807) is 12.1 Å². The highest BCUT2D eigenvalue weighted by molar-refractivity contribution is 7.47. The Hall–Kier alpha value is -1.41. The fourth-order valence-corrected chi connectivity index (χ4v) is 4.04. The zero-order valence-electron chi connectivity index (χ0n) is 13.1. The molecule has 0 bridgehead atoms. The summed E-state index contributed by atoms with van der Waals surface area (Å²) in [5.41, 5.74) is 2.54. The molecule has 3 nitrogen and oxygen atoms in total. The lowest BCUT2D eigenvalue weighted by Gasteiger charge is -2.26. The van der Waals surface area contributed by atoms with E-state index in [0.717, 1.165) is 12.0 Å². The van der Waals surface area contributed by atoms with Crippen LogP contribution in [0.3, 0.4) is 0 Å². The quantitative estimate of drug-likeness (QED) is 0.691. The first-order chi connectivity index (χ1) is 10.7. The van der Waals surface area contributed by atoms with Crippen LogP contribution in [0.1, 0.15) is 30.6 Å². The summed E-state index contributed by atoms with van der Waals surface area (Å²) >= 11 is 0. The lowest BCUT2D eigenvalue weighted by atomic mass is 10.0. The van der Waals surface area contributed by atoms with Crippen LogP contribution in [0.2, 0.25) is 0 Å². The van der Waals surface area contributed by atoms with Gasteiger partial charge in [-0.3, -0.25) is 0 Å². The van der Waals surface area contributed by atoms with Crippen molar-refractivity contribution in [3.8, 4) is 5.75 Å². The van der Waals surface area contributed by atoms with Crippen molar-refractivity contribution in [1.82, 2.24) is 0 Å². The molecule has 1 unspecified atom stereocenters. The van der Waals surface area contributed by atoms with Crippen LogP contribution in [-0.4, -0.2) is 18.3 Å². The predicted octanol–water partition coefficient (Wildman–Crippen LogP) is 5.06. The highest BCUT2D eigenvalue weighted by Gasteiger charge is 2.25. The van der Waals surface area contributed by atoms with Crippen LogP contribution in [0.4, 0.5) is 0 Å². The van der Waals surface area contributed by atoms with Gasteiger partial charge in [-0.1, -0.05) is 42.5 Å². The van der Waals surface area contributed by atoms with Gasteiger partial charge < -0.3 is 14.2 Å². The van der Waals surface area contributed by atoms with E-state index < -0.39 is 8.38 Å². The highest BCUT2D eigenvalue weighted by atomic mass is 31.2. The summed E-state index contributed by atoms with van der Waals surface area (Å²) in [7, 11) is -1.02. The van der Waals surface area contributed by atoms with Crippen LogP contribution in [0.25, 0.3) is 0 Å². The molecule has 0 aromatic heterocycles. The standard InChI is InChI=1S/C18H23O3P/c1-3-20-22(21-4-2)18(14-15-8-6-5-7-9-15)16-10-12-17(19)13-11-16/h5-13,18-19H,3-4,14H2,1-2H3. The summed E-state index contributed by atoms with van der Waals surface area (Å²) in [6.45, 7) is 5.25. The monoisotopic (exact) mass is 318 g/mol. The van der Waals surface area contributed by atoms with Crippen LogP contribution >= 0.6 is 8.38 Å². The Morgan fingerprint density at radius 1 is 0.909 bits per heavy atom. The van der Waals surface area contributed by atoms with Crippen molar-refractivity contribution in [3.05, 3.63) is 65.7 Å². The molecule has 0 saturated heterocycles. The zero-order valence-corrected chi connectivity index (χ0v) is 14.0. The molecular formula is C18H23O3P. The maximum absolute atomic E-state index is 9.52. The van der Waals surface area contributed by atoms with Gasteiger partial charge in [0.25, 0.3) is 0 Å². The molecule has 0 amide bonds. The van der Waals surface area contributed by atoms with Gasteiger partial charge in [-0.05, 0) is 43.5 Å². The third-order valence-electron chi connectivity index (χ3n) is 3.32. The Morgan fingerprint density at radius 3 is 2.05 bits per heavy atom. The van der Waals surface area contributed by atoms with Crippen LogP contribution in [0.15, 0.2) is 54.6 Å². The molecule has 22 heavy (non-hydrogen) atoms. The van der Waals surface area contributed by atoms with Gasteiger partial charge in [0.15, 0.2) is 8.38 Å². The largest absolute Gasteiger partial charge is 0.508 e. The molecule has 118 valence electrons. The summed E-state index contributed by atoms with van der Waals surface area (Å²) in [4.78, 5) is 0. The van der Waals surface area contributed by atoms with Gasteiger partial charge in [0.2, 0.25) is 0 Å². The van der Waals surface area contributed by atoms with E-state index >= 15 is 0 Å². The SMILES string of the molecule is CCOP(OCC)C(Cc1ccccc1)c1ccc(O)cc1. The van der Waals surface area contributed by atoms with Gasteiger partial charge in [0, 0.05) is 0 Å². The van der Waals surface area contributed by atoms with E-state index in [1.165, 1.54) is 5.56 Å². The van der Waals surface area contributed by atoms with Crippen molar-refractivity contribution in [2.24, 2.45) is 0 Å². The number of benzene rings is 2. The molecule has 0 aliphatic carbocycles. The van der Waals surface area contributed by atoms with E-state index in [4.69, 9.17) is 9.05 Å². The normalized spacial score (nSPS) is 12.5. The van der Waals surface area contributed by atoms with Gasteiger partial charge >= 0.3 is 0 Å². The van der Waals surface area contributed by atoms with Crippen molar-refractivity contribution < 1.29 is 14.2 Å². The van der Waals surface area contributed by atoms with Gasteiger partial charge in [-0.15, -0.1) is 0 Å². The molecule has 0 radical (unpaired) electrons. The first-order valence-corrected chi connectivity index (χ1v) is 8.87. The summed E-state index contributed by atoms with van der Waals surface area (Å²) in [6.07, 6.45) is 0.858. The number of phenols is 1. The Bertz CT molecular complexity index is 536. The first kappa shape index (κ1) is 17.0. The smallest absolute Gasteiger partial charge is 0.178 e. The molecule has 4 heteroatoms. The molecule has 0 spiro atoms. The van der Waals surface area contributed by atoms with E-state index in [0.29, 0.717) is 13.2 Å². The molecular weight excluding hydrogens is 295 g/mol. The summed E-state index contributed by atoms with van der Waals surface area (Å²) in [5.74, 6) is 0.277. The molecule has 1 atom stereocenters. The van der Waals surface area contributed by atoms with Gasteiger partial charge in [-0.25, -0.2) is 0 Å². The highest BCUT2D eigenvalue weighted by Crippen LogP contribution is 2.54. The second-order valence-electron chi connectivity index (χ2n) is 4.92. The van der Waals surface area contributed by atoms with Crippen LogP contribution < -0.4 is 0 Å². The molecule has 0 aliphatic rings. The maximum atomic E-state index is 9.52. The molecule has 0 heterocycles. The van der Waals surface area contributed by atoms with Crippen molar-refractivity contribution in [1.29, 1.82) is 0 Å². The fraction of sp³-hybridized carbons (Fsp3) is 0.333. The van der Waals surface area contributed by atoms with Crippen LogP contribution in [0, 0.1) is 0 Å². The number of rotatable bonds is 8. The maximum Gasteiger partial charge on any atom is 0.178 e. The zero-order chi connectivity index (χ0) is 15.8. The minimum atomic E-state index is -1.02. The first-order valence-electron chi connectivity index (χ1n) is 7.62. The molecule has 0 aliphatic heterocycles. The summed E-state index contributed by atoms with van der Waals surface area (Å²) in [6, 6.07) is 17.7. The van der Waals surface area contributed by atoms with E-state index in [-0.39, 0.29) is 11.4 Å². The van der Waals surface area contributed by atoms with Gasteiger partial charge in [-0.2, -0.15) is 0 Å². The van der Waals surface area contributed by atoms with E-state index in [2.05, 4.69) is 12.1 Å². The average Bonchev–Trinajstić information content (AvgIpc) is 2.54. The van der Waals surface area contributed by atoms with E-state index in [1.807, 2.05) is 44.2 Å². The van der Waals surface area contributed by atoms with Gasteiger partial charge in [0.1, 0.15) is 5.75 Å². The van der Waals surface area contributed by atoms with Crippen molar-refractivity contribution >= 4 is 8.38 Å². The number of hydrogen-bond acceptors (Lipinski definition) is 3. The number of phenolic OH excluding ortho intramolecular Hbond substituents is 1. The molecule has 2 aromatic carbocycles. The van der Waals surface area contributed by atoms with Gasteiger partial charge in [0.05, 0.1) is 18.9 Å². The van der Waals surface area contributed by atoms with Crippen molar-refractivity contribution in [2.75, 3.05) is 13.2 Å². The van der Waals surface area contributed by atoms with Crippen LogP contribution in [-0.2, 0) is 15.5 Å². The molecule has 2 rings (SSSR count). The minimum absolute atomic E-state index is 0.151. The van der Waals surface area contributed by atoms with E-state index in [9.17, 15) is 5.11 Å². The molecule has 0 saturated carbocycles. The fourth-order valence-electron chi connectivity index (χ4n) is 2.32. The molecule has 2 aromatic rings. The van der Waals surface area contributed by atoms with Crippen molar-refractivity contribution in [3.63, 3.8) is 0 Å². The minimum Gasteiger partial charge on any atom is -0.508 e. The number of aromatic hydroxyl groups is 1. The second kappa shape index (κ2) is 8.89. The Kier molecular flexibility index (Phi) is 6.85. The molecule has 0 fully saturated rings. The Labute approximate surface area is 133 Å². The Balaban J connectivity index is 2.27.